The van der Waals surface area contributed by atoms with Crippen LogP contribution < -0.4 is 10.6 Å². The topological polar surface area (TPSA) is 44.4 Å². The molecule has 0 unspecified atom stereocenters. The Bertz CT molecular complexity index is 560. The first-order chi connectivity index (χ1) is 13.2. The van der Waals surface area contributed by atoms with Gasteiger partial charge in [0.05, 0.1) is 0 Å². The first-order valence-electron chi connectivity index (χ1n) is 11.0. The van der Waals surface area contributed by atoms with E-state index in [0.717, 1.165) is 38.3 Å². The second-order valence-corrected chi connectivity index (χ2v) is 8.55. The van der Waals surface area contributed by atoms with Crippen molar-refractivity contribution in [3.05, 3.63) is 35.9 Å². The average Bonchev–Trinajstić information content (AvgIpc) is 2.69. The molecule has 2 heterocycles. The largest absolute Gasteiger partial charge is 0.356 e. The predicted octanol–water partition coefficient (Wildman–Crippen LogP) is 3.65. The number of piperidine rings is 2. The summed E-state index contributed by atoms with van der Waals surface area (Å²) in [6, 6.07) is 11.4. The van der Waals surface area contributed by atoms with Crippen LogP contribution in [-0.4, -0.2) is 49.6 Å². The number of nitrogens with one attached hydrogen (secondary N) is 2. The van der Waals surface area contributed by atoms with Crippen LogP contribution in [0.3, 0.4) is 0 Å². The summed E-state index contributed by atoms with van der Waals surface area (Å²) < 4.78 is 0. The lowest BCUT2D eigenvalue weighted by atomic mass is 9.90. The molecule has 2 aliphatic rings. The molecule has 158 valence electrons. The predicted molar refractivity (Wildman–Crippen MR) is 119 cm³/mol. The Hall–Kier alpha value is -1.10. The number of benzene rings is 1. The Morgan fingerprint density at radius 2 is 1.89 bits per heavy atom. The maximum Gasteiger partial charge on any atom is 0.223 e. The third-order valence-electron chi connectivity index (χ3n) is 6.27. The van der Waals surface area contributed by atoms with E-state index in [4.69, 9.17) is 0 Å². The van der Waals surface area contributed by atoms with Gasteiger partial charge in [-0.1, -0.05) is 30.3 Å². The Morgan fingerprint density at radius 3 is 2.61 bits per heavy atom. The molecule has 1 amide bonds. The van der Waals surface area contributed by atoms with Gasteiger partial charge in [-0.15, -0.1) is 12.4 Å². The molecule has 0 bridgehead atoms. The molecule has 2 saturated heterocycles. The Labute approximate surface area is 177 Å². The Morgan fingerprint density at radius 1 is 1.14 bits per heavy atom. The lowest BCUT2D eigenvalue weighted by Gasteiger charge is -2.32. The monoisotopic (exact) mass is 407 g/mol. The van der Waals surface area contributed by atoms with E-state index in [2.05, 4.69) is 52.8 Å². The third kappa shape index (κ3) is 7.73. The molecule has 0 aromatic heterocycles. The van der Waals surface area contributed by atoms with Gasteiger partial charge in [0.1, 0.15) is 0 Å². The van der Waals surface area contributed by atoms with Gasteiger partial charge in [0.2, 0.25) is 5.91 Å². The van der Waals surface area contributed by atoms with Crippen LogP contribution in [0.25, 0.3) is 0 Å². The van der Waals surface area contributed by atoms with Crippen molar-refractivity contribution < 1.29 is 4.79 Å². The molecule has 2 aliphatic heterocycles. The second kappa shape index (κ2) is 12.5. The number of amides is 1. The Kier molecular flexibility index (Phi) is 10.3. The molecule has 28 heavy (non-hydrogen) atoms. The van der Waals surface area contributed by atoms with Gasteiger partial charge in [0.25, 0.3) is 0 Å². The first-order valence-corrected chi connectivity index (χ1v) is 11.0. The van der Waals surface area contributed by atoms with Gasteiger partial charge in [0.15, 0.2) is 0 Å². The third-order valence-corrected chi connectivity index (χ3v) is 6.27. The van der Waals surface area contributed by atoms with Gasteiger partial charge in [-0.25, -0.2) is 0 Å². The van der Waals surface area contributed by atoms with Crippen LogP contribution in [0.1, 0.15) is 51.0 Å². The first kappa shape index (κ1) is 23.2. The Balaban J connectivity index is 0.00000280. The summed E-state index contributed by atoms with van der Waals surface area (Å²) >= 11 is 0. The molecule has 0 radical (unpaired) electrons. The van der Waals surface area contributed by atoms with Gasteiger partial charge in [0, 0.05) is 18.5 Å². The minimum Gasteiger partial charge on any atom is -0.356 e. The van der Waals surface area contributed by atoms with Crippen LogP contribution in [0.2, 0.25) is 0 Å². The fourth-order valence-electron chi connectivity index (χ4n) is 4.55. The summed E-state index contributed by atoms with van der Waals surface area (Å²) in [7, 11) is 0. The molecule has 1 aromatic rings. The van der Waals surface area contributed by atoms with Crippen molar-refractivity contribution in [3.8, 4) is 0 Å². The van der Waals surface area contributed by atoms with Crippen molar-refractivity contribution in [1.29, 1.82) is 0 Å². The van der Waals surface area contributed by atoms with Crippen molar-refractivity contribution >= 4 is 18.3 Å². The zero-order valence-electron chi connectivity index (χ0n) is 17.4. The summed E-state index contributed by atoms with van der Waals surface area (Å²) in [5.41, 5.74) is 1.48. The zero-order chi connectivity index (χ0) is 18.9. The number of nitrogens with zero attached hydrogens (tertiary/aromatic N) is 1. The van der Waals surface area contributed by atoms with Gasteiger partial charge in [-0.3, -0.25) is 4.79 Å². The van der Waals surface area contributed by atoms with Crippen molar-refractivity contribution in [2.45, 2.75) is 57.9 Å². The van der Waals surface area contributed by atoms with Crippen LogP contribution in [-0.2, 0) is 11.2 Å². The molecular weight excluding hydrogens is 370 g/mol. The molecule has 1 aromatic carbocycles. The maximum atomic E-state index is 12.2. The van der Waals surface area contributed by atoms with E-state index in [-0.39, 0.29) is 24.2 Å². The normalized spacial score (nSPS) is 23.8. The van der Waals surface area contributed by atoms with E-state index in [9.17, 15) is 4.79 Å². The zero-order valence-corrected chi connectivity index (χ0v) is 18.2. The minimum atomic E-state index is 0. The van der Waals surface area contributed by atoms with E-state index in [0.29, 0.717) is 6.04 Å². The summed E-state index contributed by atoms with van der Waals surface area (Å²) in [4.78, 5) is 14.9. The van der Waals surface area contributed by atoms with E-state index in [1.165, 1.54) is 50.9 Å². The summed E-state index contributed by atoms with van der Waals surface area (Å²) in [5, 5.41) is 6.57. The van der Waals surface area contributed by atoms with Crippen molar-refractivity contribution in [1.82, 2.24) is 15.5 Å². The number of hydrogen-bond donors (Lipinski definition) is 2. The van der Waals surface area contributed by atoms with E-state index < -0.39 is 0 Å². The van der Waals surface area contributed by atoms with Crippen LogP contribution in [0, 0.1) is 11.8 Å². The number of carbonyl (C=O) groups excluding carboxylic acids is 1. The van der Waals surface area contributed by atoms with Gasteiger partial charge in [-0.2, -0.15) is 0 Å². The van der Waals surface area contributed by atoms with Gasteiger partial charge in [-0.05, 0) is 89.5 Å². The smallest absolute Gasteiger partial charge is 0.223 e. The standard InChI is InChI=1S/C23H37N3O.ClH/c1-19-17-22(9-13-24-19)23(27)25-12-5-6-14-26-15-10-21(11-16-26)18-20-7-3-2-4-8-20;/h2-4,7-8,19,21-22,24H,5-6,9-18H2,1H3,(H,25,27);1H/t19-,22-;/m0./s1. The SMILES string of the molecule is C[C@H]1C[C@@H](C(=O)NCCCCN2CCC(Cc3ccccc3)CC2)CCN1.Cl. The number of unbranched alkanes of at least 4 members (excludes halogenated alkanes) is 1. The molecule has 4 nitrogen and oxygen atoms in total. The van der Waals surface area contributed by atoms with Crippen LogP contribution in [0.5, 0.6) is 0 Å². The quantitative estimate of drug-likeness (QED) is 0.646. The number of rotatable bonds is 8. The van der Waals surface area contributed by atoms with Gasteiger partial charge >= 0.3 is 0 Å². The lowest BCUT2D eigenvalue weighted by Crippen LogP contribution is -2.42. The molecule has 2 N–H and O–H groups in total. The highest BCUT2D eigenvalue weighted by Crippen LogP contribution is 2.22. The number of halogens is 1. The van der Waals surface area contributed by atoms with Crippen molar-refractivity contribution in [2.75, 3.05) is 32.7 Å². The summed E-state index contributed by atoms with van der Waals surface area (Å²) in [6.07, 6.45) is 8.11. The highest BCUT2D eigenvalue weighted by Gasteiger charge is 2.24. The molecule has 0 aliphatic carbocycles. The van der Waals surface area contributed by atoms with Crippen LogP contribution in [0.4, 0.5) is 0 Å². The second-order valence-electron chi connectivity index (χ2n) is 8.55. The molecule has 2 atom stereocenters. The van der Waals surface area contributed by atoms with Crippen LogP contribution in [0.15, 0.2) is 30.3 Å². The number of likely N-dealkylation sites (tertiary alicyclic amines) is 1. The summed E-state index contributed by atoms with van der Waals surface area (Å²) in [6.45, 7) is 7.62. The maximum absolute atomic E-state index is 12.2. The van der Waals surface area contributed by atoms with Crippen LogP contribution >= 0.6 is 12.4 Å². The van der Waals surface area contributed by atoms with Crippen molar-refractivity contribution in [3.63, 3.8) is 0 Å². The highest BCUT2D eigenvalue weighted by molar-refractivity contribution is 5.85. The molecule has 3 rings (SSSR count). The van der Waals surface area contributed by atoms with E-state index in [1.54, 1.807) is 0 Å². The van der Waals surface area contributed by atoms with Crippen molar-refractivity contribution in [2.24, 2.45) is 11.8 Å². The highest BCUT2D eigenvalue weighted by atomic mass is 35.5. The number of carbonyl (C=O) groups is 1. The molecule has 0 spiro atoms. The lowest BCUT2D eigenvalue weighted by molar-refractivity contribution is -0.126. The molecule has 2 fully saturated rings. The molecule has 0 saturated carbocycles. The van der Waals surface area contributed by atoms with Gasteiger partial charge < -0.3 is 15.5 Å². The fourth-order valence-corrected chi connectivity index (χ4v) is 4.55. The average molecular weight is 408 g/mol. The summed E-state index contributed by atoms with van der Waals surface area (Å²) in [5.74, 6) is 1.32. The number of hydrogen-bond acceptors (Lipinski definition) is 3. The van der Waals surface area contributed by atoms with E-state index in [1.807, 2.05) is 0 Å². The fraction of sp³-hybridized carbons (Fsp3) is 0.696. The molecular formula is C23H38ClN3O. The minimum absolute atomic E-state index is 0. The van der Waals surface area contributed by atoms with E-state index >= 15 is 0 Å². The molecule has 5 heteroatoms.